The maximum absolute atomic E-state index is 12.0. The van der Waals surface area contributed by atoms with Crippen LogP contribution < -0.4 is 20.8 Å². The smallest absolute Gasteiger partial charge is 0.267 e. The largest absolute Gasteiger partial charge is 0.486 e. The van der Waals surface area contributed by atoms with Gasteiger partial charge in [-0.3, -0.25) is 14.7 Å². The highest BCUT2D eigenvalue weighted by Crippen LogP contribution is 2.36. The molecule has 1 amide bonds. The number of aromatic nitrogens is 2. The van der Waals surface area contributed by atoms with E-state index in [1.165, 1.54) is 0 Å². The number of ether oxygens (including phenoxy) is 2. The fraction of sp³-hybridized carbons (Fsp3) is 0.333. The number of primary amides is 1. The molecule has 1 aliphatic heterocycles. The summed E-state index contributed by atoms with van der Waals surface area (Å²) in [5.41, 5.74) is 7.09. The number of aryl methyl sites for hydroxylation is 1. The Kier molecular flexibility index (Phi) is 3.62. The van der Waals surface area contributed by atoms with Gasteiger partial charge in [0, 0.05) is 23.6 Å². The highest BCUT2D eigenvalue weighted by Gasteiger charge is 2.25. The van der Waals surface area contributed by atoms with E-state index >= 15 is 0 Å². The van der Waals surface area contributed by atoms with Crippen molar-refractivity contribution in [2.75, 3.05) is 13.2 Å². The number of rotatable bonds is 4. The van der Waals surface area contributed by atoms with Crippen LogP contribution in [0.1, 0.15) is 29.2 Å². The summed E-state index contributed by atoms with van der Waals surface area (Å²) in [7, 11) is 0. The van der Waals surface area contributed by atoms with Crippen LogP contribution in [-0.2, 0) is 4.79 Å². The fourth-order valence-corrected chi connectivity index (χ4v) is 2.74. The van der Waals surface area contributed by atoms with E-state index in [2.05, 4.69) is 10.2 Å². The number of fused-ring (bicyclic) bond motifs is 1. The van der Waals surface area contributed by atoms with Crippen molar-refractivity contribution < 1.29 is 14.3 Å². The molecule has 4 N–H and O–H groups in total. The van der Waals surface area contributed by atoms with Gasteiger partial charge < -0.3 is 20.3 Å². The maximum Gasteiger partial charge on any atom is 0.267 e. The molecule has 7 heteroatoms. The number of hydrogen-bond acceptors (Lipinski definition) is 4. The lowest BCUT2D eigenvalue weighted by Gasteiger charge is -2.21. The number of carbonyl (C=O) groups excluding carboxylic acids is 1. The second-order valence-electron chi connectivity index (χ2n) is 5.24. The van der Waals surface area contributed by atoms with Gasteiger partial charge in [-0.1, -0.05) is 6.07 Å². The molecule has 0 fully saturated rings. The van der Waals surface area contributed by atoms with Crippen molar-refractivity contribution in [2.24, 2.45) is 5.73 Å². The normalized spacial score (nSPS) is 14.6. The zero-order chi connectivity index (χ0) is 15.7. The molecule has 1 atom stereocenters. The van der Waals surface area contributed by atoms with Crippen LogP contribution in [0.2, 0.25) is 0 Å². The lowest BCUT2D eigenvalue weighted by atomic mass is 9.88. The third kappa shape index (κ3) is 2.57. The molecule has 0 saturated carbocycles. The van der Waals surface area contributed by atoms with Crippen LogP contribution in [0.25, 0.3) is 0 Å². The van der Waals surface area contributed by atoms with E-state index < -0.39 is 11.8 Å². The van der Waals surface area contributed by atoms with E-state index in [-0.39, 0.29) is 12.0 Å². The minimum absolute atomic E-state index is 0.0431. The van der Waals surface area contributed by atoms with Crippen molar-refractivity contribution in [3.05, 3.63) is 45.4 Å². The van der Waals surface area contributed by atoms with Crippen molar-refractivity contribution >= 4 is 5.91 Å². The van der Waals surface area contributed by atoms with Crippen molar-refractivity contribution in [2.45, 2.75) is 19.3 Å². The fourth-order valence-electron chi connectivity index (χ4n) is 2.74. The number of H-pyrrole nitrogens is 2. The van der Waals surface area contributed by atoms with Gasteiger partial charge >= 0.3 is 0 Å². The SMILES string of the molecule is Cc1[nH][nH]c(=O)c1C(CC(N)=O)c1ccc2c(c1)OCCO2. The minimum atomic E-state index is -0.472. The predicted octanol–water partition coefficient (Wildman–Crippen LogP) is 0.790. The lowest BCUT2D eigenvalue weighted by molar-refractivity contribution is -0.118. The van der Waals surface area contributed by atoms with Crippen molar-refractivity contribution in [1.29, 1.82) is 0 Å². The van der Waals surface area contributed by atoms with Crippen molar-refractivity contribution in [3.63, 3.8) is 0 Å². The van der Waals surface area contributed by atoms with Gasteiger partial charge in [0.15, 0.2) is 11.5 Å². The molecular formula is C15H17N3O4. The molecule has 1 aromatic heterocycles. The number of aromatic amines is 2. The summed E-state index contributed by atoms with van der Waals surface area (Å²) in [6.07, 6.45) is 0.0431. The second kappa shape index (κ2) is 5.59. The molecule has 1 aromatic carbocycles. The molecule has 22 heavy (non-hydrogen) atoms. The van der Waals surface area contributed by atoms with Crippen LogP contribution in [0.3, 0.4) is 0 Å². The van der Waals surface area contributed by atoms with E-state index in [9.17, 15) is 9.59 Å². The maximum atomic E-state index is 12.0. The zero-order valence-corrected chi connectivity index (χ0v) is 12.1. The summed E-state index contributed by atoms with van der Waals surface area (Å²) in [6.45, 7) is 2.76. The first kappa shape index (κ1) is 14.2. The lowest BCUT2D eigenvalue weighted by Crippen LogP contribution is -2.21. The first-order valence-electron chi connectivity index (χ1n) is 7.01. The topological polar surface area (TPSA) is 110 Å². The van der Waals surface area contributed by atoms with E-state index in [1.807, 2.05) is 6.07 Å². The van der Waals surface area contributed by atoms with E-state index in [0.717, 1.165) is 5.56 Å². The van der Waals surface area contributed by atoms with Gasteiger partial charge in [0.05, 0.1) is 0 Å². The average molecular weight is 303 g/mol. The summed E-state index contributed by atoms with van der Waals surface area (Å²) in [5.74, 6) is 0.374. The molecule has 0 spiro atoms. The quantitative estimate of drug-likeness (QED) is 0.775. The number of hydrogen-bond donors (Lipinski definition) is 3. The molecular weight excluding hydrogens is 286 g/mol. The van der Waals surface area contributed by atoms with Crippen LogP contribution in [0, 0.1) is 6.92 Å². The number of amides is 1. The minimum Gasteiger partial charge on any atom is -0.486 e. The summed E-state index contributed by atoms with van der Waals surface area (Å²) >= 11 is 0. The van der Waals surface area contributed by atoms with Gasteiger partial charge in [-0.05, 0) is 24.6 Å². The molecule has 0 saturated heterocycles. The Bertz CT molecular complexity index is 762. The van der Waals surface area contributed by atoms with Gasteiger partial charge in [-0.15, -0.1) is 0 Å². The zero-order valence-electron chi connectivity index (χ0n) is 12.1. The van der Waals surface area contributed by atoms with Gasteiger partial charge in [0.25, 0.3) is 5.56 Å². The Labute approximate surface area is 126 Å². The summed E-state index contributed by atoms with van der Waals surface area (Å²) < 4.78 is 11.0. The molecule has 1 unspecified atom stereocenters. The second-order valence-corrected chi connectivity index (χ2v) is 5.24. The molecule has 2 aromatic rings. The molecule has 0 aliphatic carbocycles. The average Bonchev–Trinajstić information content (AvgIpc) is 2.83. The summed E-state index contributed by atoms with van der Waals surface area (Å²) in [4.78, 5) is 23.5. The van der Waals surface area contributed by atoms with Crippen LogP contribution in [0.15, 0.2) is 23.0 Å². The Morgan fingerprint density at radius 2 is 2.00 bits per heavy atom. The van der Waals surface area contributed by atoms with Crippen molar-refractivity contribution in [3.8, 4) is 11.5 Å². The Morgan fingerprint density at radius 1 is 1.27 bits per heavy atom. The molecule has 0 radical (unpaired) electrons. The Hall–Kier alpha value is -2.70. The molecule has 0 bridgehead atoms. The molecule has 2 heterocycles. The third-order valence-corrected chi connectivity index (χ3v) is 3.73. The summed E-state index contributed by atoms with van der Waals surface area (Å²) in [6, 6.07) is 5.41. The van der Waals surface area contributed by atoms with Crippen LogP contribution in [0.4, 0.5) is 0 Å². The van der Waals surface area contributed by atoms with Gasteiger partial charge in [0.1, 0.15) is 13.2 Å². The standard InChI is InChI=1S/C15H17N3O4/c1-8-14(15(20)18-17-8)10(7-13(16)19)9-2-3-11-12(6-9)22-5-4-21-11/h2-3,6,10H,4-5,7H2,1H3,(H2,16,19)(H2,17,18,20). The highest BCUT2D eigenvalue weighted by molar-refractivity contribution is 5.75. The first-order chi connectivity index (χ1) is 10.6. The highest BCUT2D eigenvalue weighted by atomic mass is 16.6. The van der Waals surface area contributed by atoms with E-state index in [4.69, 9.17) is 15.2 Å². The predicted molar refractivity (Wildman–Crippen MR) is 79.2 cm³/mol. The summed E-state index contributed by atoms with van der Waals surface area (Å²) in [5, 5.41) is 5.31. The number of nitrogens with two attached hydrogens (primary N) is 1. The van der Waals surface area contributed by atoms with Crippen molar-refractivity contribution in [1.82, 2.24) is 10.2 Å². The molecule has 116 valence electrons. The Morgan fingerprint density at radius 3 is 2.64 bits per heavy atom. The molecule has 1 aliphatic rings. The third-order valence-electron chi connectivity index (χ3n) is 3.73. The first-order valence-corrected chi connectivity index (χ1v) is 7.01. The van der Waals surface area contributed by atoms with Gasteiger partial charge in [0.2, 0.25) is 5.91 Å². The van der Waals surface area contributed by atoms with Gasteiger partial charge in [-0.25, -0.2) is 0 Å². The van der Waals surface area contributed by atoms with Gasteiger partial charge in [-0.2, -0.15) is 0 Å². The van der Waals surface area contributed by atoms with E-state index in [0.29, 0.717) is 36.0 Å². The molecule has 3 rings (SSSR count). The number of benzene rings is 1. The van der Waals surface area contributed by atoms with Crippen LogP contribution in [-0.4, -0.2) is 29.3 Å². The number of nitrogens with one attached hydrogen (secondary N) is 2. The van der Waals surface area contributed by atoms with Crippen LogP contribution >= 0.6 is 0 Å². The number of carbonyl (C=O) groups is 1. The van der Waals surface area contributed by atoms with Crippen LogP contribution in [0.5, 0.6) is 11.5 Å². The Balaban J connectivity index is 2.06. The molecule has 7 nitrogen and oxygen atoms in total. The van der Waals surface area contributed by atoms with E-state index in [1.54, 1.807) is 19.1 Å². The monoisotopic (exact) mass is 303 g/mol.